The normalized spacial score (nSPS) is 21.6. The molecule has 1 aromatic heterocycles. The van der Waals surface area contributed by atoms with Gasteiger partial charge in [-0.05, 0) is 87.6 Å². The fourth-order valence-corrected chi connectivity index (χ4v) is 5.79. The second kappa shape index (κ2) is 10.8. The third kappa shape index (κ3) is 5.61. The predicted octanol–water partition coefficient (Wildman–Crippen LogP) is 4.36. The number of carbonyl (C=O) groups excluding carboxylic acids is 1. The van der Waals surface area contributed by atoms with E-state index < -0.39 is 0 Å². The van der Waals surface area contributed by atoms with Crippen molar-refractivity contribution >= 4 is 23.1 Å². The Kier molecular flexibility index (Phi) is 7.36. The maximum absolute atomic E-state index is 12.9. The summed E-state index contributed by atoms with van der Waals surface area (Å²) >= 11 is 0. The topological polar surface area (TPSA) is 135 Å². The molecule has 3 heterocycles. The van der Waals surface area contributed by atoms with Gasteiger partial charge in [-0.1, -0.05) is 6.07 Å². The van der Waals surface area contributed by atoms with Gasteiger partial charge >= 0.3 is 5.69 Å². The minimum Gasteiger partial charge on any atom is -0.450 e. The monoisotopic (exact) mass is 492 g/mol. The van der Waals surface area contributed by atoms with Crippen LogP contribution in [0.1, 0.15) is 81.7 Å². The van der Waals surface area contributed by atoms with Crippen molar-refractivity contribution in [1.82, 2.24) is 14.9 Å². The van der Waals surface area contributed by atoms with Gasteiger partial charge in [-0.3, -0.25) is 14.8 Å². The molecule has 36 heavy (non-hydrogen) atoms. The largest absolute Gasteiger partial charge is 0.450 e. The van der Waals surface area contributed by atoms with Crippen molar-refractivity contribution in [3.8, 4) is 11.5 Å². The van der Waals surface area contributed by atoms with Gasteiger partial charge in [0.25, 0.3) is 0 Å². The van der Waals surface area contributed by atoms with E-state index in [2.05, 4.69) is 27.8 Å². The number of piperidine rings is 1. The molecule has 2 aromatic rings. The molecule has 3 aliphatic rings. The average molecular weight is 493 g/mol. The van der Waals surface area contributed by atoms with Crippen LogP contribution in [0.4, 0.5) is 11.5 Å². The fraction of sp³-hybridized carbons (Fsp3) is 0.556. The number of nitrogens with zero attached hydrogens (tertiary/aromatic N) is 2. The number of Topliss-reactive ketones (excluding diaryl/α,β-unsaturated/α-hetero) is 1. The molecule has 0 atom stereocenters. The number of anilines is 2. The van der Waals surface area contributed by atoms with Crippen molar-refractivity contribution in [2.75, 3.05) is 18.4 Å². The Bertz CT molecular complexity index is 1180. The van der Waals surface area contributed by atoms with Crippen LogP contribution in [0.5, 0.6) is 11.5 Å². The smallest absolute Gasteiger partial charge is 0.350 e. The van der Waals surface area contributed by atoms with E-state index in [1.165, 1.54) is 5.56 Å². The molecule has 0 unspecified atom stereocenters. The summed E-state index contributed by atoms with van der Waals surface area (Å²) in [5.74, 6) is 3.05. The summed E-state index contributed by atoms with van der Waals surface area (Å²) in [6, 6.07) is 6.35. The number of hydrogen-bond acceptors (Lipinski definition) is 7. The number of hydrogen-bond donors (Lipinski definition) is 4. The highest BCUT2D eigenvalue weighted by molar-refractivity contribution is 5.80. The van der Waals surface area contributed by atoms with Crippen molar-refractivity contribution in [2.45, 2.75) is 76.2 Å². The Morgan fingerprint density at radius 2 is 1.89 bits per heavy atom. The SMILES string of the molecule is N=C(N)CCCC(=O)CC1CCC(n2cc3c(nc2=O)Nc2cc(C4CCNCC4)ccc2O3)CC1. The lowest BCUT2D eigenvalue weighted by Crippen LogP contribution is -2.31. The Labute approximate surface area is 211 Å². The van der Waals surface area contributed by atoms with Crippen LogP contribution in [-0.2, 0) is 4.79 Å². The first-order chi connectivity index (χ1) is 17.5. The zero-order valence-corrected chi connectivity index (χ0v) is 20.7. The molecule has 1 saturated heterocycles. The number of nitrogens with one attached hydrogen (secondary N) is 3. The summed E-state index contributed by atoms with van der Waals surface area (Å²) in [5, 5.41) is 14.0. The molecule has 5 rings (SSSR count). The number of nitrogens with two attached hydrogens (primary N) is 1. The summed E-state index contributed by atoms with van der Waals surface area (Å²) in [4.78, 5) is 29.5. The van der Waals surface area contributed by atoms with Crippen LogP contribution >= 0.6 is 0 Å². The van der Waals surface area contributed by atoms with Crippen molar-refractivity contribution < 1.29 is 9.53 Å². The van der Waals surface area contributed by atoms with Crippen LogP contribution in [0.3, 0.4) is 0 Å². The molecule has 0 radical (unpaired) electrons. The zero-order valence-electron chi connectivity index (χ0n) is 20.7. The maximum atomic E-state index is 12.9. The van der Waals surface area contributed by atoms with Gasteiger partial charge in [-0.15, -0.1) is 0 Å². The number of carbonyl (C=O) groups is 1. The summed E-state index contributed by atoms with van der Waals surface area (Å²) < 4.78 is 7.88. The van der Waals surface area contributed by atoms with E-state index in [0.717, 1.165) is 63.1 Å². The van der Waals surface area contributed by atoms with Crippen molar-refractivity contribution in [3.63, 3.8) is 0 Å². The van der Waals surface area contributed by atoms with E-state index >= 15 is 0 Å². The number of rotatable bonds is 8. The first-order valence-corrected chi connectivity index (χ1v) is 13.2. The molecule has 192 valence electrons. The molecule has 1 aliphatic carbocycles. The Balaban J connectivity index is 1.21. The van der Waals surface area contributed by atoms with Gasteiger partial charge in [0, 0.05) is 25.3 Å². The van der Waals surface area contributed by atoms with Gasteiger partial charge in [0.1, 0.15) is 5.78 Å². The number of aromatic nitrogens is 2. The Morgan fingerprint density at radius 3 is 2.64 bits per heavy atom. The molecule has 1 aromatic carbocycles. The van der Waals surface area contributed by atoms with Crippen LogP contribution < -0.4 is 26.8 Å². The summed E-state index contributed by atoms with van der Waals surface area (Å²) in [5.41, 5.74) is 7.25. The maximum Gasteiger partial charge on any atom is 0.350 e. The quantitative estimate of drug-likeness (QED) is 0.271. The van der Waals surface area contributed by atoms with Crippen molar-refractivity contribution in [3.05, 3.63) is 40.4 Å². The third-order valence-electron chi connectivity index (χ3n) is 7.83. The van der Waals surface area contributed by atoms with Gasteiger partial charge in [0.05, 0.1) is 17.7 Å². The van der Waals surface area contributed by atoms with E-state index in [-0.39, 0.29) is 23.4 Å². The summed E-state index contributed by atoms with van der Waals surface area (Å²) in [7, 11) is 0. The van der Waals surface area contributed by atoms with Gasteiger partial charge in [0.2, 0.25) is 0 Å². The number of amidine groups is 1. The van der Waals surface area contributed by atoms with Gasteiger partial charge in [-0.2, -0.15) is 4.98 Å². The van der Waals surface area contributed by atoms with E-state index in [9.17, 15) is 9.59 Å². The number of ether oxygens (including phenoxy) is 1. The van der Waals surface area contributed by atoms with Crippen LogP contribution in [0.25, 0.3) is 0 Å². The van der Waals surface area contributed by atoms with E-state index in [1.54, 1.807) is 10.8 Å². The average Bonchev–Trinajstić information content (AvgIpc) is 2.88. The summed E-state index contributed by atoms with van der Waals surface area (Å²) in [6.07, 6.45) is 9.73. The number of ketones is 1. The molecule has 1 saturated carbocycles. The van der Waals surface area contributed by atoms with Crippen molar-refractivity contribution in [1.29, 1.82) is 5.41 Å². The molecule has 0 spiro atoms. The fourth-order valence-electron chi connectivity index (χ4n) is 5.79. The molecule has 0 amide bonds. The molecule has 2 fully saturated rings. The van der Waals surface area contributed by atoms with Crippen LogP contribution in [0.15, 0.2) is 29.2 Å². The molecule has 5 N–H and O–H groups in total. The number of benzene rings is 1. The molecular weight excluding hydrogens is 456 g/mol. The van der Waals surface area contributed by atoms with Crippen molar-refractivity contribution in [2.24, 2.45) is 11.7 Å². The standard InChI is InChI=1S/C27H36N6O3/c28-25(29)3-1-2-21(34)14-17-4-7-20(8-5-17)33-16-24-26(32-27(33)35)31-22-15-19(6-9-23(22)36-24)18-10-12-30-13-11-18/h6,9,15-18,20,30H,1-5,7-8,10-14H2,(H3,28,29)(H,31,32,35). The first kappa shape index (κ1) is 24.5. The predicted molar refractivity (Wildman–Crippen MR) is 140 cm³/mol. The molecular formula is C27H36N6O3. The lowest BCUT2D eigenvalue weighted by molar-refractivity contribution is -0.120. The Hall–Kier alpha value is -3.20. The molecule has 2 aliphatic heterocycles. The minimum absolute atomic E-state index is 0.0617. The van der Waals surface area contributed by atoms with Gasteiger partial charge in [-0.25, -0.2) is 4.79 Å². The van der Waals surface area contributed by atoms with E-state index in [0.29, 0.717) is 49.1 Å². The lowest BCUT2D eigenvalue weighted by atomic mass is 9.82. The van der Waals surface area contributed by atoms with E-state index in [4.69, 9.17) is 15.9 Å². The van der Waals surface area contributed by atoms with Gasteiger partial charge in [0.15, 0.2) is 17.3 Å². The first-order valence-electron chi connectivity index (χ1n) is 13.2. The van der Waals surface area contributed by atoms with Crippen LogP contribution in [0.2, 0.25) is 0 Å². The van der Waals surface area contributed by atoms with E-state index in [1.807, 2.05) is 6.07 Å². The highest BCUT2D eigenvalue weighted by Gasteiger charge is 2.27. The third-order valence-corrected chi connectivity index (χ3v) is 7.83. The van der Waals surface area contributed by atoms with Crippen LogP contribution in [0, 0.1) is 11.3 Å². The second-order valence-electron chi connectivity index (χ2n) is 10.4. The highest BCUT2D eigenvalue weighted by Crippen LogP contribution is 2.43. The summed E-state index contributed by atoms with van der Waals surface area (Å²) in [6.45, 7) is 2.07. The lowest BCUT2D eigenvalue weighted by Gasteiger charge is -2.30. The minimum atomic E-state index is -0.272. The Morgan fingerprint density at radius 1 is 1.11 bits per heavy atom. The second-order valence-corrected chi connectivity index (χ2v) is 10.4. The number of fused-ring (bicyclic) bond motifs is 2. The molecule has 9 nitrogen and oxygen atoms in total. The van der Waals surface area contributed by atoms with Gasteiger partial charge < -0.3 is 21.1 Å². The van der Waals surface area contributed by atoms with Crippen LogP contribution in [-0.4, -0.2) is 34.3 Å². The molecule has 0 bridgehead atoms. The zero-order chi connectivity index (χ0) is 25.1. The molecule has 9 heteroatoms. The highest BCUT2D eigenvalue weighted by atomic mass is 16.5.